The molecule has 0 atom stereocenters. The molecule has 1 aromatic carbocycles. The van der Waals surface area contributed by atoms with Gasteiger partial charge in [-0.15, -0.1) is 0 Å². The van der Waals surface area contributed by atoms with Gasteiger partial charge in [0.15, 0.2) is 0 Å². The van der Waals surface area contributed by atoms with Crippen LogP contribution in [0.1, 0.15) is 27.2 Å². The number of carbonyl (C=O) groups is 2. The zero-order chi connectivity index (χ0) is 17.1. The van der Waals surface area contributed by atoms with Crippen LogP contribution in [0.15, 0.2) is 29.4 Å². The van der Waals surface area contributed by atoms with Crippen molar-refractivity contribution in [1.29, 1.82) is 0 Å². The molecule has 1 amide bonds. The van der Waals surface area contributed by atoms with Crippen LogP contribution >= 0.6 is 0 Å². The lowest BCUT2D eigenvalue weighted by Gasteiger charge is -2.07. The van der Waals surface area contributed by atoms with Crippen LogP contribution in [0, 0.1) is 0 Å². The lowest BCUT2D eigenvalue weighted by molar-refractivity contribution is -0.141. The van der Waals surface area contributed by atoms with Crippen LogP contribution < -0.4 is 15.5 Å². The summed E-state index contributed by atoms with van der Waals surface area (Å²) in [6, 6.07) is 7.30. The van der Waals surface area contributed by atoms with Crippen LogP contribution in [-0.4, -0.2) is 37.3 Å². The zero-order valence-electron chi connectivity index (χ0n) is 13.7. The molecular formula is C16H23N3O4. The van der Waals surface area contributed by atoms with Crippen molar-refractivity contribution < 1.29 is 19.1 Å². The second kappa shape index (κ2) is 10.2. The van der Waals surface area contributed by atoms with Crippen LogP contribution in [0.3, 0.4) is 0 Å². The van der Waals surface area contributed by atoms with Crippen molar-refractivity contribution in [3.05, 3.63) is 24.3 Å². The fraction of sp³-hybridized carbons (Fsp3) is 0.438. The normalized spacial score (nSPS) is 10.8. The van der Waals surface area contributed by atoms with E-state index in [-0.39, 0.29) is 24.8 Å². The molecule has 23 heavy (non-hydrogen) atoms. The van der Waals surface area contributed by atoms with E-state index in [9.17, 15) is 9.59 Å². The Morgan fingerprint density at radius 1 is 1.13 bits per heavy atom. The highest BCUT2D eigenvalue weighted by Crippen LogP contribution is 2.15. The number of amides is 1. The lowest BCUT2D eigenvalue weighted by Crippen LogP contribution is -2.27. The number of anilines is 1. The largest absolute Gasteiger partial charge is 0.494 e. The van der Waals surface area contributed by atoms with Crippen molar-refractivity contribution in [2.45, 2.75) is 27.2 Å². The molecule has 7 heteroatoms. The Morgan fingerprint density at radius 3 is 2.43 bits per heavy atom. The minimum atomic E-state index is -0.365. The topological polar surface area (TPSA) is 89.0 Å². The first kappa shape index (κ1) is 18.5. The summed E-state index contributed by atoms with van der Waals surface area (Å²) in [6.45, 7) is 6.31. The van der Waals surface area contributed by atoms with Gasteiger partial charge in [0, 0.05) is 11.4 Å². The van der Waals surface area contributed by atoms with E-state index in [1.54, 1.807) is 13.8 Å². The summed E-state index contributed by atoms with van der Waals surface area (Å²) < 4.78 is 10.1. The molecule has 0 aromatic heterocycles. The van der Waals surface area contributed by atoms with E-state index < -0.39 is 0 Å². The number of hydrazone groups is 1. The van der Waals surface area contributed by atoms with E-state index in [1.165, 1.54) is 0 Å². The summed E-state index contributed by atoms with van der Waals surface area (Å²) in [7, 11) is 0. The molecule has 0 fully saturated rings. The predicted octanol–water partition coefficient (Wildman–Crippen LogP) is 1.94. The molecule has 2 N–H and O–H groups in total. The van der Waals surface area contributed by atoms with Gasteiger partial charge in [-0.3, -0.25) is 9.59 Å². The van der Waals surface area contributed by atoms with Crippen LogP contribution in [-0.2, 0) is 14.3 Å². The molecule has 0 radical (unpaired) electrons. The number of benzene rings is 1. The van der Waals surface area contributed by atoms with Crippen molar-refractivity contribution in [2.75, 3.05) is 25.1 Å². The number of hydrogen-bond donors (Lipinski definition) is 2. The second-order valence-corrected chi connectivity index (χ2v) is 4.67. The molecule has 0 aliphatic rings. The highest BCUT2D eigenvalue weighted by atomic mass is 16.5. The van der Waals surface area contributed by atoms with Crippen molar-refractivity contribution in [3.8, 4) is 5.75 Å². The quantitative estimate of drug-likeness (QED) is 0.412. The van der Waals surface area contributed by atoms with Crippen molar-refractivity contribution in [3.63, 3.8) is 0 Å². The number of esters is 1. The Hall–Kier alpha value is -2.57. The minimum Gasteiger partial charge on any atom is -0.494 e. The first-order chi connectivity index (χ1) is 11.0. The first-order valence-corrected chi connectivity index (χ1v) is 7.49. The summed E-state index contributed by atoms with van der Waals surface area (Å²) in [4.78, 5) is 22.9. The van der Waals surface area contributed by atoms with E-state index in [0.717, 1.165) is 11.4 Å². The van der Waals surface area contributed by atoms with Gasteiger partial charge < -0.3 is 14.8 Å². The molecular weight excluding hydrogens is 298 g/mol. The maximum Gasteiger partial charge on any atom is 0.311 e. The molecule has 0 saturated carbocycles. The summed E-state index contributed by atoms with van der Waals surface area (Å²) in [5.74, 6) is 0.110. The molecule has 7 nitrogen and oxygen atoms in total. The Bertz CT molecular complexity index is 541. The molecule has 0 heterocycles. The number of nitrogens with zero attached hydrogens (tertiary/aromatic N) is 1. The number of ether oxygens (including phenoxy) is 2. The van der Waals surface area contributed by atoms with Gasteiger partial charge in [0.1, 0.15) is 5.75 Å². The molecule has 1 aromatic rings. The number of carbonyl (C=O) groups excluding carboxylic acids is 2. The predicted molar refractivity (Wildman–Crippen MR) is 88.6 cm³/mol. The second-order valence-electron chi connectivity index (χ2n) is 4.67. The van der Waals surface area contributed by atoms with Crippen LogP contribution in [0.5, 0.6) is 5.75 Å². The number of hydrogen-bond acceptors (Lipinski definition) is 6. The third kappa shape index (κ3) is 7.85. The van der Waals surface area contributed by atoms with Gasteiger partial charge in [-0.05, 0) is 45.0 Å². The van der Waals surface area contributed by atoms with Gasteiger partial charge in [-0.2, -0.15) is 5.10 Å². The minimum absolute atomic E-state index is 0.0560. The van der Waals surface area contributed by atoms with Gasteiger partial charge in [0.2, 0.25) is 0 Å². The summed E-state index contributed by atoms with van der Waals surface area (Å²) in [5.41, 5.74) is 3.67. The smallest absolute Gasteiger partial charge is 0.311 e. The van der Waals surface area contributed by atoms with E-state index in [1.807, 2.05) is 31.2 Å². The maximum atomic E-state index is 11.7. The molecule has 0 aliphatic carbocycles. The van der Waals surface area contributed by atoms with Gasteiger partial charge in [0.25, 0.3) is 5.91 Å². The number of rotatable bonds is 9. The summed E-state index contributed by atoms with van der Waals surface area (Å²) in [5, 5.41) is 6.82. The van der Waals surface area contributed by atoms with E-state index >= 15 is 0 Å². The Morgan fingerprint density at radius 2 is 1.83 bits per heavy atom. The highest BCUT2D eigenvalue weighted by Gasteiger charge is 2.05. The van der Waals surface area contributed by atoms with Gasteiger partial charge in [-0.1, -0.05) is 0 Å². The maximum absolute atomic E-state index is 11.7. The average Bonchev–Trinajstić information content (AvgIpc) is 2.52. The van der Waals surface area contributed by atoms with Crippen LogP contribution in [0.4, 0.5) is 5.69 Å². The highest BCUT2D eigenvalue weighted by molar-refractivity contribution is 5.98. The zero-order valence-corrected chi connectivity index (χ0v) is 13.7. The Balaban J connectivity index is 2.34. The van der Waals surface area contributed by atoms with Crippen molar-refractivity contribution in [2.24, 2.45) is 5.10 Å². The SMILES string of the molecule is CCOC(=O)CC(C)=NNC(=O)CNc1ccc(OCC)cc1. The third-order valence-corrected chi connectivity index (χ3v) is 2.70. The van der Waals surface area contributed by atoms with E-state index in [2.05, 4.69) is 15.8 Å². The monoisotopic (exact) mass is 321 g/mol. The third-order valence-electron chi connectivity index (χ3n) is 2.70. The van der Waals surface area contributed by atoms with Crippen LogP contribution in [0.2, 0.25) is 0 Å². The molecule has 0 aliphatic heterocycles. The fourth-order valence-electron chi connectivity index (χ4n) is 1.68. The Kier molecular flexibility index (Phi) is 8.20. The van der Waals surface area contributed by atoms with E-state index in [4.69, 9.17) is 9.47 Å². The molecule has 0 bridgehead atoms. The van der Waals surface area contributed by atoms with Gasteiger partial charge in [-0.25, -0.2) is 5.43 Å². The summed E-state index contributed by atoms with van der Waals surface area (Å²) in [6.07, 6.45) is 0.0560. The first-order valence-electron chi connectivity index (χ1n) is 7.49. The fourth-order valence-corrected chi connectivity index (χ4v) is 1.68. The molecule has 126 valence electrons. The molecule has 0 unspecified atom stereocenters. The van der Waals surface area contributed by atoms with Crippen molar-refractivity contribution in [1.82, 2.24) is 5.43 Å². The van der Waals surface area contributed by atoms with Gasteiger partial charge in [0.05, 0.1) is 26.2 Å². The standard InChI is InChI=1S/C16H23N3O4/c1-4-22-14-8-6-13(7-9-14)17-11-15(20)19-18-12(3)10-16(21)23-5-2/h6-9,17H,4-5,10-11H2,1-3H3,(H,19,20). The summed E-state index contributed by atoms with van der Waals surface area (Å²) >= 11 is 0. The molecule has 0 saturated heterocycles. The van der Waals surface area contributed by atoms with Crippen molar-refractivity contribution >= 4 is 23.3 Å². The lowest BCUT2D eigenvalue weighted by atomic mass is 10.3. The van der Waals surface area contributed by atoms with E-state index in [0.29, 0.717) is 18.9 Å². The Labute approximate surface area is 136 Å². The van der Waals surface area contributed by atoms with Gasteiger partial charge >= 0.3 is 5.97 Å². The molecule has 0 spiro atoms. The van der Waals surface area contributed by atoms with Crippen LogP contribution in [0.25, 0.3) is 0 Å². The molecule has 1 rings (SSSR count). The number of nitrogens with one attached hydrogen (secondary N) is 2. The average molecular weight is 321 g/mol.